The summed E-state index contributed by atoms with van der Waals surface area (Å²) in [6.45, 7) is 3.01. The molecule has 0 radical (unpaired) electrons. The average molecular weight is 380 g/mol. The molecule has 2 N–H and O–H groups in total. The Kier molecular flexibility index (Phi) is 5.99. The summed E-state index contributed by atoms with van der Waals surface area (Å²) in [5.74, 6) is -1.82. The maximum absolute atomic E-state index is 12.7. The number of nitrogens with zero attached hydrogens (tertiary/aromatic N) is 2. The third-order valence-electron chi connectivity index (χ3n) is 3.40. The van der Waals surface area contributed by atoms with Gasteiger partial charge in [-0.25, -0.2) is 9.78 Å². The van der Waals surface area contributed by atoms with Crippen LogP contribution in [0.2, 0.25) is 5.15 Å². The highest BCUT2D eigenvalue weighted by Gasteiger charge is 2.20. The van der Waals surface area contributed by atoms with E-state index in [0.29, 0.717) is 5.56 Å². The minimum Gasteiger partial charge on any atom is -0.480 e. The summed E-state index contributed by atoms with van der Waals surface area (Å²) < 4.78 is 5.69. The molecule has 0 saturated heterocycles. The molecule has 0 aliphatic rings. The van der Waals surface area contributed by atoms with E-state index in [1.165, 1.54) is 19.2 Å². The van der Waals surface area contributed by atoms with Crippen LogP contribution in [0.3, 0.4) is 0 Å². The van der Waals surface area contributed by atoms with Gasteiger partial charge < -0.3 is 15.2 Å². The Labute approximate surface area is 154 Å². The second-order valence-corrected chi connectivity index (χ2v) is 6.11. The number of hydrogen-bond acceptors (Lipinski definition) is 6. The number of rotatable bonds is 6. The van der Waals surface area contributed by atoms with Gasteiger partial charge in [0.1, 0.15) is 6.54 Å². The standard InChI is InChI=1S/C17H18ClN3O5/c1-9(2)19-15-16(24)21(8-12(22)23)13(14(18)20-15)10-5-4-6-11(7-10)17(25)26-3/h4-7,9H,8H2,1-3H3,(H,19,20)(H,22,23). The predicted molar refractivity (Wildman–Crippen MR) is 96.7 cm³/mol. The lowest BCUT2D eigenvalue weighted by Gasteiger charge is -2.16. The van der Waals surface area contributed by atoms with Crippen molar-refractivity contribution < 1.29 is 19.4 Å². The van der Waals surface area contributed by atoms with Crippen LogP contribution in [0.15, 0.2) is 29.1 Å². The van der Waals surface area contributed by atoms with Gasteiger partial charge in [0.25, 0.3) is 5.56 Å². The molecule has 0 spiro atoms. The maximum atomic E-state index is 12.7. The van der Waals surface area contributed by atoms with E-state index in [4.69, 9.17) is 11.6 Å². The van der Waals surface area contributed by atoms with Gasteiger partial charge in [0.2, 0.25) is 0 Å². The molecule has 138 valence electrons. The molecule has 0 saturated carbocycles. The Balaban J connectivity index is 2.71. The topological polar surface area (TPSA) is 111 Å². The fraction of sp³-hybridized carbons (Fsp3) is 0.294. The highest BCUT2D eigenvalue weighted by Crippen LogP contribution is 2.27. The molecule has 0 atom stereocenters. The van der Waals surface area contributed by atoms with Gasteiger partial charge in [0, 0.05) is 11.6 Å². The highest BCUT2D eigenvalue weighted by atomic mass is 35.5. The number of carboxylic acid groups (broad SMARTS) is 1. The molecule has 9 heteroatoms. The zero-order chi connectivity index (χ0) is 19.4. The Bertz CT molecular complexity index is 908. The summed E-state index contributed by atoms with van der Waals surface area (Å²) in [7, 11) is 1.25. The molecular weight excluding hydrogens is 362 g/mol. The molecule has 1 aromatic heterocycles. The average Bonchev–Trinajstić information content (AvgIpc) is 2.57. The molecule has 1 aromatic carbocycles. The van der Waals surface area contributed by atoms with E-state index >= 15 is 0 Å². The quantitative estimate of drug-likeness (QED) is 0.740. The van der Waals surface area contributed by atoms with Crippen molar-refractivity contribution in [2.75, 3.05) is 12.4 Å². The fourth-order valence-electron chi connectivity index (χ4n) is 2.38. The first-order valence-electron chi connectivity index (χ1n) is 7.72. The third kappa shape index (κ3) is 4.20. The number of carbonyl (C=O) groups is 2. The summed E-state index contributed by atoms with van der Waals surface area (Å²) in [6.07, 6.45) is 0. The van der Waals surface area contributed by atoms with Gasteiger partial charge in [-0.3, -0.25) is 14.2 Å². The molecule has 26 heavy (non-hydrogen) atoms. The van der Waals surface area contributed by atoms with E-state index in [1.54, 1.807) is 12.1 Å². The molecule has 2 aromatic rings. The van der Waals surface area contributed by atoms with Gasteiger partial charge in [-0.1, -0.05) is 23.7 Å². The van der Waals surface area contributed by atoms with Crippen LogP contribution < -0.4 is 10.9 Å². The van der Waals surface area contributed by atoms with E-state index in [1.807, 2.05) is 13.8 Å². The molecular formula is C17H18ClN3O5. The first-order chi connectivity index (χ1) is 12.2. The third-order valence-corrected chi connectivity index (χ3v) is 3.66. The Hall–Kier alpha value is -2.87. The van der Waals surface area contributed by atoms with Gasteiger partial charge in [-0.2, -0.15) is 0 Å². The second-order valence-electron chi connectivity index (χ2n) is 5.76. The zero-order valence-corrected chi connectivity index (χ0v) is 15.2. The lowest BCUT2D eigenvalue weighted by molar-refractivity contribution is -0.137. The largest absolute Gasteiger partial charge is 0.480 e. The number of methoxy groups -OCH3 is 1. The number of esters is 1. The molecule has 0 fully saturated rings. The number of nitrogens with one attached hydrogen (secondary N) is 1. The van der Waals surface area contributed by atoms with Crippen LogP contribution in [0.1, 0.15) is 24.2 Å². The van der Waals surface area contributed by atoms with E-state index in [9.17, 15) is 19.5 Å². The van der Waals surface area contributed by atoms with Crippen molar-refractivity contribution in [3.05, 3.63) is 45.3 Å². The molecule has 0 bridgehead atoms. The van der Waals surface area contributed by atoms with Crippen molar-refractivity contribution >= 4 is 29.4 Å². The minimum atomic E-state index is -1.21. The summed E-state index contributed by atoms with van der Waals surface area (Å²) in [5.41, 5.74) is 0.0997. The second kappa shape index (κ2) is 8.01. The van der Waals surface area contributed by atoms with Crippen molar-refractivity contribution in [2.24, 2.45) is 0 Å². The van der Waals surface area contributed by atoms with E-state index in [2.05, 4.69) is 15.0 Å². The zero-order valence-electron chi connectivity index (χ0n) is 14.4. The number of carbonyl (C=O) groups excluding carboxylic acids is 1. The normalized spacial score (nSPS) is 10.7. The number of hydrogen-bond donors (Lipinski definition) is 2. The number of anilines is 1. The lowest BCUT2D eigenvalue weighted by atomic mass is 10.1. The van der Waals surface area contributed by atoms with Crippen molar-refractivity contribution in [2.45, 2.75) is 26.4 Å². The van der Waals surface area contributed by atoms with E-state index in [0.717, 1.165) is 4.57 Å². The summed E-state index contributed by atoms with van der Waals surface area (Å²) >= 11 is 6.25. The van der Waals surface area contributed by atoms with Crippen molar-refractivity contribution in [1.82, 2.24) is 9.55 Å². The van der Waals surface area contributed by atoms with Crippen LogP contribution in [-0.2, 0) is 16.1 Å². The Morgan fingerprint density at radius 1 is 1.38 bits per heavy atom. The predicted octanol–water partition coefficient (Wildman–Crippen LogP) is 2.26. The highest BCUT2D eigenvalue weighted by molar-refractivity contribution is 6.32. The lowest BCUT2D eigenvalue weighted by Crippen LogP contribution is -2.31. The smallest absolute Gasteiger partial charge is 0.337 e. The number of ether oxygens (including phenoxy) is 1. The van der Waals surface area contributed by atoms with Gasteiger partial charge in [0.05, 0.1) is 18.4 Å². The molecule has 0 unspecified atom stereocenters. The SMILES string of the molecule is COC(=O)c1cccc(-c2c(Cl)nc(NC(C)C)c(=O)n2CC(=O)O)c1. The first kappa shape index (κ1) is 19.5. The molecule has 0 amide bonds. The minimum absolute atomic E-state index is 0.0425. The molecule has 8 nitrogen and oxygen atoms in total. The Morgan fingerprint density at radius 3 is 2.65 bits per heavy atom. The first-order valence-corrected chi connectivity index (χ1v) is 8.09. The van der Waals surface area contributed by atoms with Crippen molar-refractivity contribution in [3.63, 3.8) is 0 Å². The van der Waals surface area contributed by atoms with E-state index in [-0.39, 0.29) is 28.3 Å². The summed E-state index contributed by atoms with van der Waals surface area (Å²) in [6, 6.07) is 6.07. The summed E-state index contributed by atoms with van der Waals surface area (Å²) in [4.78, 5) is 39.7. The van der Waals surface area contributed by atoms with Crippen LogP contribution in [0, 0.1) is 0 Å². The van der Waals surface area contributed by atoms with Crippen LogP contribution >= 0.6 is 11.6 Å². The molecule has 0 aliphatic heterocycles. The number of aromatic nitrogens is 2. The molecule has 0 aliphatic carbocycles. The maximum Gasteiger partial charge on any atom is 0.337 e. The van der Waals surface area contributed by atoms with Gasteiger partial charge in [-0.15, -0.1) is 0 Å². The molecule has 1 heterocycles. The van der Waals surface area contributed by atoms with E-state index < -0.39 is 24.0 Å². The van der Waals surface area contributed by atoms with Crippen molar-refractivity contribution in [1.29, 1.82) is 0 Å². The summed E-state index contributed by atoms with van der Waals surface area (Å²) in [5, 5.41) is 12.0. The fourth-order valence-corrected chi connectivity index (χ4v) is 2.68. The van der Waals surface area contributed by atoms with Crippen molar-refractivity contribution in [3.8, 4) is 11.3 Å². The van der Waals surface area contributed by atoms with Gasteiger partial charge in [-0.05, 0) is 26.0 Å². The van der Waals surface area contributed by atoms with Crippen LogP contribution in [0.5, 0.6) is 0 Å². The van der Waals surface area contributed by atoms with Crippen LogP contribution in [-0.4, -0.2) is 39.7 Å². The number of carboxylic acids is 1. The molecule has 2 rings (SSSR count). The monoisotopic (exact) mass is 379 g/mol. The number of aliphatic carboxylic acids is 1. The van der Waals surface area contributed by atoms with Gasteiger partial charge >= 0.3 is 11.9 Å². The number of halogens is 1. The van der Waals surface area contributed by atoms with Crippen LogP contribution in [0.25, 0.3) is 11.3 Å². The Morgan fingerprint density at radius 2 is 2.08 bits per heavy atom. The van der Waals surface area contributed by atoms with Crippen LogP contribution in [0.4, 0.5) is 5.82 Å². The number of benzene rings is 1. The van der Waals surface area contributed by atoms with Gasteiger partial charge in [0.15, 0.2) is 11.0 Å².